The molecule has 0 unspecified atom stereocenters. The van der Waals surface area contributed by atoms with E-state index in [1.54, 1.807) is 0 Å². The monoisotopic (exact) mass is 270 g/mol. The summed E-state index contributed by atoms with van der Waals surface area (Å²) in [6.07, 6.45) is 0. The number of nitrogens with zero attached hydrogens (tertiary/aromatic N) is 1. The average molecular weight is 270 g/mol. The summed E-state index contributed by atoms with van der Waals surface area (Å²) in [6, 6.07) is 14.1. The Kier molecular flexibility index (Phi) is 4.51. The maximum absolute atomic E-state index is 5.97. The molecule has 0 amide bonds. The van der Waals surface area contributed by atoms with Gasteiger partial charge in [-0.25, -0.2) is 0 Å². The second kappa shape index (κ2) is 6.33. The van der Waals surface area contributed by atoms with Crippen molar-refractivity contribution in [2.24, 2.45) is 0 Å². The van der Waals surface area contributed by atoms with Crippen molar-refractivity contribution < 1.29 is 4.74 Å². The van der Waals surface area contributed by atoms with Gasteiger partial charge < -0.3 is 15.4 Å². The van der Waals surface area contributed by atoms with Gasteiger partial charge in [0.1, 0.15) is 12.4 Å². The summed E-state index contributed by atoms with van der Waals surface area (Å²) in [4.78, 5) is 2.11. The topological polar surface area (TPSA) is 38.5 Å². The van der Waals surface area contributed by atoms with Gasteiger partial charge in [-0.15, -0.1) is 0 Å². The Bertz CT molecular complexity index is 561. The highest BCUT2D eigenvalue weighted by atomic mass is 16.5. The van der Waals surface area contributed by atoms with E-state index >= 15 is 0 Å². The van der Waals surface area contributed by atoms with E-state index in [0.717, 1.165) is 23.7 Å². The van der Waals surface area contributed by atoms with Crippen LogP contribution in [0.5, 0.6) is 5.75 Å². The third-order valence-electron chi connectivity index (χ3n) is 3.43. The van der Waals surface area contributed by atoms with Crippen LogP contribution < -0.4 is 15.4 Å². The second-order valence-corrected chi connectivity index (χ2v) is 5.05. The molecule has 0 aliphatic heterocycles. The van der Waals surface area contributed by atoms with E-state index in [4.69, 9.17) is 10.5 Å². The number of para-hydroxylation sites is 3. The summed E-state index contributed by atoms with van der Waals surface area (Å²) in [7, 11) is 2.03. The first-order chi connectivity index (χ1) is 9.59. The number of anilines is 2. The van der Waals surface area contributed by atoms with Crippen molar-refractivity contribution in [1.82, 2.24) is 0 Å². The summed E-state index contributed by atoms with van der Waals surface area (Å²) < 4.78 is 5.92. The minimum Gasteiger partial charge on any atom is -0.491 e. The van der Waals surface area contributed by atoms with Gasteiger partial charge in [0, 0.05) is 7.05 Å². The molecule has 0 saturated carbocycles. The molecule has 0 aliphatic carbocycles. The molecule has 0 aromatic heterocycles. The van der Waals surface area contributed by atoms with E-state index in [9.17, 15) is 0 Å². The molecule has 2 aromatic carbocycles. The summed E-state index contributed by atoms with van der Waals surface area (Å²) in [5.41, 5.74) is 10.1. The summed E-state index contributed by atoms with van der Waals surface area (Å²) in [5.74, 6) is 0.988. The van der Waals surface area contributed by atoms with Crippen LogP contribution in [-0.4, -0.2) is 20.2 Å². The molecule has 2 N–H and O–H groups in total. The van der Waals surface area contributed by atoms with E-state index in [1.807, 2.05) is 37.4 Å². The van der Waals surface area contributed by atoms with Crippen LogP contribution in [0.15, 0.2) is 42.5 Å². The lowest BCUT2D eigenvalue weighted by Crippen LogP contribution is -2.24. The highest BCUT2D eigenvalue weighted by molar-refractivity contribution is 5.66. The first kappa shape index (κ1) is 14.3. The Hall–Kier alpha value is -2.16. The van der Waals surface area contributed by atoms with E-state index < -0.39 is 0 Å². The predicted molar refractivity (Wildman–Crippen MR) is 85.5 cm³/mol. The van der Waals surface area contributed by atoms with Crippen LogP contribution in [0.4, 0.5) is 11.4 Å². The number of hydrogen-bond donors (Lipinski definition) is 1. The molecule has 2 rings (SSSR count). The van der Waals surface area contributed by atoms with Gasteiger partial charge in [-0.1, -0.05) is 30.3 Å². The standard InChI is InChI=1S/C17H22N2O/c1-13-7-6-8-14(2)17(13)20-12-11-19(3)16-10-5-4-9-15(16)18/h4-10H,11-12,18H2,1-3H3. The summed E-state index contributed by atoms with van der Waals surface area (Å²) in [5, 5.41) is 0. The van der Waals surface area contributed by atoms with Crippen LogP contribution in [-0.2, 0) is 0 Å². The SMILES string of the molecule is Cc1cccc(C)c1OCCN(C)c1ccccc1N. The molecule has 2 aromatic rings. The molecule has 0 bridgehead atoms. The van der Waals surface area contributed by atoms with Crippen LogP contribution in [0.3, 0.4) is 0 Å². The van der Waals surface area contributed by atoms with Crippen LogP contribution in [0.1, 0.15) is 11.1 Å². The number of nitrogen functional groups attached to an aromatic ring is 1. The summed E-state index contributed by atoms with van der Waals surface area (Å²) >= 11 is 0. The highest BCUT2D eigenvalue weighted by Gasteiger charge is 2.06. The van der Waals surface area contributed by atoms with E-state index in [1.165, 1.54) is 11.1 Å². The van der Waals surface area contributed by atoms with Gasteiger partial charge >= 0.3 is 0 Å². The van der Waals surface area contributed by atoms with E-state index in [-0.39, 0.29) is 0 Å². The van der Waals surface area contributed by atoms with Gasteiger partial charge in [-0.2, -0.15) is 0 Å². The lowest BCUT2D eigenvalue weighted by atomic mass is 10.1. The molecule has 0 aliphatic rings. The lowest BCUT2D eigenvalue weighted by molar-refractivity contribution is 0.321. The number of hydrogen-bond acceptors (Lipinski definition) is 3. The molecule has 20 heavy (non-hydrogen) atoms. The third kappa shape index (κ3) is 3.23. The average Bonchev–Trinajstić information content (AvgIpc) is 2.42. The van der Waals surface area contributed by atoms with Crippen molar-refractivity contribution in [1.29, 1.82) is 0 Å². The largest absolute Gasteiger partial charge is 0.491 e. The molecule has 0 saturated heterocycles. The summed E-state index contributed by atoms with van der Waals surface area (Å²) in [6.45, 7) is 5.57. The zero-order chi connectivity index (χ0) is 14.5. The Labute approximate surface area is 121 Å². The minimum atomic E-state index is 0.635. The maximum Gasteiger partial charge on any atom is 0.125 e. The minimum absolute atomic E-state index is 0.635. The number of aryl methyl sites for hydroxylation is 2. The lowest BCUT2D eigenvalue weighted by Gasteiger charge is -2.21. The normalized spacial score (nSPS) is 10.3. The number of nitrogens with two attached hydrogens (primary N) is 1. The molecule has 3 nitrogen and oxygen atoms in total. The van der Waals surface area contributed by atoms with Crippen LogP contribution in [0.2, 0.25) is 0 Å². The number of rotatable bonds is 5. The molecule has 0 atom stereocenters. The van der Waals surface area contributed by atoms with Gasteiger partial charge in [-0.05, 0) is 37.1 Å². The zero-order valence-electron chi connectivity index (χ0n) is 12.4. The Balaban J connectivity index is 1.95. The fourth-order valence-electron chi connectivity index (χ4n) is 2.27. The van der Waals surface area contributed by atoms with Gasteiger partial charge in [-0.3, -0.25) is 0 Å². The molecular formula is C17H22N2O. The Morgan fingerprint density at radius 2 is 1.65 bits per heavy atom. The first-order valence-corrected chi connectivity index (χ1v) is 6.84. The van der Waals surface area contributed by atoms with Gasteiger partial charge in [0.25, 0.3) is 0 Å². The molecule has 0 spiro atoms. The fraction of sp³-hybridized carbons (Fsp3) is 0.294. The van der Waals surface area contributed by atoms with Crippen LogP contribution in [0.25, 0.3) is 0 Å². The zero-order valence-corrected chi connectivity index (χ0v) is 12.4. The van der Waals surface area contributed by atoms with Crippen molar-refractivity contribution >= 4 is 11.4 Å². The first-order valence-electron chi connectivity index (χ1n) is 6.84. The molecule has 3 heteroatoms. The van der Waals surface area contributed by atoms with Gasteiger partial charge in [0.15, 0.2) is 0 Å². The molecular weight excluding hydrogens is 248 g/mol. The quantitative estimate of drug-likeness (QED) is 0.846. The Morgan fingerprint density at radius 1 is 1.00 bits per heavy atom. The fourth-order valence-corrected chi connectivity index (χ4v) is 2.27. The van der Waals surface area contributed by atoms with E-state index in [0.29, 0.717) is 6.61 Å². The van der Waals surface area contributed by atoms with Gasteiger partial charge in [0.2, 0.25) is 0 Å². The molecule has 0 fully saturated rings. The van der Waals surface area contributed by atoms with Gasteiger partial charge in [0.05, 0.1) is 17.9 Å². The molecule has 0 radical (unpaired) electrons. The predicted octanol–water partition coefficient (Wildman–Crippen LogP) is 3.40. The number of likely N-dealkylation sites (N-methyl/N-ethyl adjacent to an activating group) is 1. The highest BCUT2D eigenvalue weighted by Crippen LogP contribution is 2.23. The van der Waals surface area contributed by atoms with Crippen LogP contribution in [0, 0.1) is 13.8 Å². The third-order valence-corrected chi connectivity index (χ3v) is 3.43. The van der Waals surface area contributed by atoms with Crippen molar-refractivity contribution in [3.8, 4) is 5.75 Å². The van der Waals surface area contributed by atoms with Crippen molar-refractivity contribution in [3.05, 3.63) is 53.6 Å². The number of ether oxygens (including phenoxy) is 1. The maximum atomic E-state index is 5.97. The van der Waals surface area contributed by atoms with Crippen molar-refractivity contribution in [2.75, 3.05) is 30.8 Å². The van der Waals surface area contributed by atoms with E-state index in [2.05, 4.69) is 30.9 Å². The van der Waals surface area contributed by atoms with Crippen LogP contribution >= 0.6 is 0 Å². The van der Waals surface area contributed by atoms with Crippen molar-refractivity contribution in [2.45, 2.75) is 13.8 Å². The Morgan fingerprint density at radius 3 is 2.30 bits per heavy atom. The molecule has 106 valence electrons. The smallest absolute Gasteiger partial charge is 0.125 e. The van der Waals surface area contributed by atoms with Crippen molar-refractivity contribution in [3.63, 3.8) is 0 Å². The number of benzene rings is 2. The second-order valence-electron chi connectivity index (χ2n) is 5.05. The molecule has 0 heterocycles.